The van der Waals surface area contributed by atoms with Crippen LogP contribution in [-0.2, 0) is 14.4 Å². The lowest BCUT2D eigenvalue weighted by molar-refractivity contribution is -0.170. The van der Waals surface area contributed by atoms with Gasteiger partial charge in [0, 0.05) is 6.92 Å². The number of aliphatic hydroxyl groups is 1. The molecule has 4 N–H and O–H groups in total. The van der Waals surface area contributed by atoms with Gasteiger partial charge in [-0.2, -0.15) is 5.26 Å². The summed E-state index contributed by atoms with van der Waals surface area (Å²) in [5, 5.41) is 41.1. The van der Waals surface area contributed by atoms with E-state index in [1.807, 2.05) is 0 Å². The highest BCUT2D eigenvalue weighted by Gasteiger charge is 2.40. The molecule has 0 aliphatic carbocycles. The molecule has 0 saturated carbocycles. The molecule has 9 nitrogen and oxygen atoms in total. The van der Waals surface area contributed by atoms with Gasteiger partial charge in [0.2, 0.25) is 0 Å². The summed E-state index contributed by atoms with van der Waals surface area (Å²) in [5.74, 6) is -5.02. The minimum Gasteiger partial charge on any atom is -0.481 e. The smallest absolute Gasteiger partial charge is 0.336 e. The van der Waals surface area contributed by atoms with Crippen molar-refractivity contribution < 1.29 is 34.8 Å². The summed E-state index contributed by atoms with van der Waals surface area (Å²) < 4.78 is 0. The monoisotopic (exact) mass is 334 g/mol. The Hall–Kier alpha value is -2.18. The van der Waals surface area contributed by atoms with Crippen LogP contribution in [0.3, 0.4) is 0 Å². The van der Waals surface area contributed by atoms with Crippen molar-refractivity contribution in [3.05, 3.63) is 0 Å². The highest BCUT2D eigenvalue weighted by atomic mass is 16.4. The average molecular weight is 334 g/mol. The van der Waals surface area contributed by atoms with Gasteiger partial charge in [0.1, 0.15) is 0 Å². The van der Waals surface area contributed by atoms with E-state index in [1.54, 1.807) is 6.07 Å². The van der Waals surface area contributed by atoms with E-state index in [1.165, 1.54) is 26.6 Å². The van der Waals surface area contributed by atoms with Gasteiger partial charge in [-0.15, -0.1) is 0 Å². The Morgan fingerprint density at radius 2 is 1.22 bits per heavy atom. The van der Waals surface area contributed by atoms with Crippen LogP contribution in [0.2, 0.25) is 0 Å². The fourth-order valence-corrected chi connectivity index (χ4v) is 1.38. The summed E-state index contributed by atoms with van der Waals surface area (Å²) in [6.07, 6.45) is -2.29. The van der Waals surface area contributed by atoms with E-state index in [0.29, 0.717) is 0 Å². The number of carboxylic acids is 3. The SMILES string of the molecule is CC#N.CCN(CC)CC.O=C(O)CC(O)(CC(=O)O)C(=O)O. The molecular formula is C14H26N2O7. The zero-order valence-electron chi connectivity index (χ0n) is 13.9. The van der Waals surface area contributed by atoms with Crippen LogP contribution in [-0.4, -0.2) is 68.5 Å². The lowest BCUT2D eigenvalue weighted by Gasteiger charge is -2.18. The Kier molecular flexibility index (Phi) is 16.5. The third kappa shape index (κ3) is 16.0. The van der Waals surface area contributed by atoms with Crippen molar-refractivity contribution >= 4 is 17.9 Å². The van der Waals surface area contributed by atoms with Gasteiger partial charge < -0.3 is 25.3 Å². The van der Waals surface area contributed by atoms with Crippen molar-refractivity contribution in [2.24, 2.45) is 0 Å². The Bertz CT molecular complexity index is 379. The molecule has 0 saturated heterocycles. The first-order valence-electron chi connectivity index (χ1n) is 6.96. The topological polar surface area (TPSA) is 159 Å². The van der Waals surface area contributed by atoms with Gasteiger partial charge in [-0.3, -0.25) is 9.59 Å². The van der Waals surface area contributed by atoms with Crippen LogP contribution < -0.4 is 0 Å². The summed E-state index contributed by atoms with van der Waals surface area (Å²) in [5.41, 5.74) is -2.74. The van der Waals surface area contributed by atoms with E-state index in [9.17, 15) is 14.4 Å². The third-order valence-electron chi connectivity index (χ3n) is 2.63. The Morgan fingerprint density at radius 1 is 0.957 bits per heavy atom. The standard InChI is InChI=1S/C6H15N.C6H8O7.C2H3N/c1-4-7(5-2)6-3;7-3(8)1-6(13,5(11)12)2-4(9)10;1-2-3/h4-6H2,1-3H3;13H,1-2H2,(H,7,8)(H,9,10)(H,11,12);1H3. The fraction of sp³-hybridized carbons (Fsp3) is 0.714. The van der Waals surface area contributed by atoms with Crippen LogP contribution in [0.15, 0.2) is 0 Å². The molecule has 0 atom stereocenters. The molecule has 0 aliphatic heterocycles. The van der Waals surface area contributed by atoms with Gasteiger partial charge in [-0.05, 0) is 19.6 Å². The highest BCUT2D eigenvalue weighted by Crippen LogP contribution is 2.15. The van der Waals surface area contributed by atoms with E-state index in [4.69, 9.17) is 25.7 Å². The number of rotatable bonds is 8. The molecule has 0 aromatic rings. The molecule has 134 valence electrons. The Morgan fingerprint density at radius 3 is 1.30 bits per heavy atom. The summed E-state index contributed by atoms with van der Waals surface area (Å²) in [7, 11) is 0. The molecule has 0 amide bonds. The minimum absolute atomic E-state index is 1.14. The molecule has 0 radical (unpaired) electrons. The zero-order chi connectivity index (χ0) is 19.1. The molecule has 0 rings (SSSR count). The molecule has 0 fully saturated rings. The second kappa shape index (κ2) is 14.7. The summed E-state index contributed by atoms with van der Waals surface area (Å²) >= 11 is 0. The van der Waals surface area contributed by atoms with Crippen LogP contribution in [0.5, 0.6) is 0 Å². The average Bonchev–Trinajstić information content (AvgIpc) is 2.40. The first kappa shape index (κ1) is 25.8. The van der Waals surface area contributed by atoms with Crippen molar-refractivity contribution in [3.8, 4) is 6.07 Å². The van der Waals surface area contributed by atoms with Gasteiger partial charge in [-0.1, -0.05) is 20.8 Å². The third-order valence-corrected chi connectivity index (χ3v) is 2.63. The predicted octanol–water partition coefficient (Wildman–Crippen LogP) is 0.629. The largest absolute Gasteiger partial charge is 0.481 e. The maximum Gasteiger partial charge on any atom is 0.336 e. The predicted molar refractivity (Wildman–Crippen MR) is 81.8 cm³/mol. The molecule has 0 aliphatic rings. The normalized spacial score (nSPS) is 9.61. The second-order valence-corrected chi connectivity index (χ2v) is 4.32. The van der Waals surface area contributed by atoms with E-state index in [0.717, 1.165) is 0 Å². The summed E-state index contributed by atoms with van der Waals surface area (Å²) in [6.45, 7) is 11.6. The molecule has 9 heteroatoms. The van der Waals surface area contributed by atoms with Crippen LogP contribution >= 0.6 is 0 Å². The second-order valence-electron chi connectivity index (χ2n) is 4.32. The molecule has 0 unspecified atom stereocenters. The number of nitriles is 1. The van der Waals surface area contributed by atoms with Gasteiger partial charge in [-0.25, -0.2) is 4.79 Å². The lowest BCUT2D eigenvalue weighted by atomic mass is 9.96. The van der Waals surface area contributed by atoms with Crippen LogP contribution in [0.1, 0.15) is 40.5 Å². The molecule has 0 heterocycles. The van der Waals surface area contributed by atoms with Gasteiger partial charge >= 0.3 is 17.9 Å². The van der Waals surface area contributed by atoms with E-state index in [-0.39, 0.29) is 0 Å². The quantitative estimate of drug-likeness (QED) is 0.499. The zero-order valence-corrected chi connectivity index (χ0v) is 13.9. The van der Waals surface area contributed by atoms with E-state index in [2.05, 4.69) is 25.7 Å². The van der Waals surface area contributed by atoms with Crippen molar-refractivity contribution in [2.45, 2.75) is 46.1 Å². The lowest BCUT2D eigenvalue weighted by Crippen LogP contribution is -2.42. The summed E-state index contributed by atoms with van der Waals surface area (Å²) in [6, 6.07) is 1.75. The molecular weight excluding hydrogens is 308 g/mol. The number of hydrogen-bond acceptors (Lipinski definition) is 6. The molecule has 0 aromatic carbocycles. The highest BCUT2D eigenvalue weighted by molar-refractivity contribution is 5.88. The molecule has 0 spiro atoms. The van der Waals surface area contributed by atoms with E-state index < -0.39 is 36.4 Å². The van der Waals surface area contributed by atoms with Crippen molar-refractivity contribution in [1.29, 1.82) is 5.26 Å². The number of carbonyl (C=O) groups is 3. The Balaban J connectivity index is -0.000000335. The first-order chi connectivity index (χ1) is 10.5. The van der Waals surface area contributed by atoms with Crippen LogP contribution in [0.25, 0.3) is 0 Å². The summed E-state index contributed by atoms with van der Waals surface area (Å²) in [4.78, 5) is 32.9. The van der Waals surface area contributed by atoms with Crippen LogP contribution in [0.4, 0.5) is 0 Å². The maximum absolute atomic E-state index is 10.3. The first-order valence-corrected chi connectivity index (χ1v) is 6.96. The fourth-order valence-electron chi connectivity index (χ4n) is 1.38. The van der Waals surface area contributed by atoms with Gasteiger partial charge in [0.15, 0.2) is 5.60 Å². The van der Waals surface area contributed by atoms with Crippen LogP contribution in [0, 0.1) is 11.3 Å². The van der Waals surface area contributed by atoms with E-state index >= 15 is 0 Å². The van der Waals surface area contributed by atoms with Gasteiger partial charge in [0.25, 0.3) is 0 Å². The van der Waals surface area contributed by atoms with Crippen molar-refractivity contribution in [1.82, 2.24) is 4.90 Å². The number of hydrogen-bond donors (Lipinski definition) is 4. The molecule has 23 heavy (non-hydrogen) atoms. The minimum atomic E-state index is -2.74. The van der Waals surface area contributed by atoms with Gasteiger partial charge in [0.05, 0.1) is 18.9 Å². The Labute approximate surface area is 135 Å². The molecule has 0 bridgehead atoms. The molecule has 0 aromatic heterocycles. The maximum atomic E-state index is 10.3. The number of aliphatic carboxylic acids is 3. The van der Waals surface area contributed by atoms with Crippen molar-refractivity contribution in [2.75, 3.05) is 19.6 Å². The van der Waals surface area contributed by atoms with Crippen molar-refractivity contribution in [3.63, 3.8) is 0 Å². The number of carboxylic acid groups (broad SMARTS) is 3. The number of nitrogens with zero attached hydrogens (tertiary/aromatic N) is 2.